The topological polar surface area (TPSA) is 42.0 Å². The quantitative estimate of drug-likeness (QED) is 0.772. The minimum Gasteiger partial charge on any atom is -0.313 e. The molecule has 0 aromatic carbocycles. The predicted octanol–water partition coefficient (Wildman–Crippen LogP) is 1.71. The van der Waals surface area contributed by atoms with Crippen LogP contribution in [0.5, 0.6) is 0 Å². The first-order chi connectivity index (χ1) is 6.74. The second-order valence-corrected chi connectivity index (χ2v) is 3.37. The molecule has 0 amide bonds. The van der Waals surface area contributed by atoms with Crippen molar-refractivity contribution in [2.24, 2.45) is 0 Å². The van der Waals surface area contributed by atoms with Crippen molar-refractivity contribution in [1.82, 2.24) is 10.3 Å². The van der Waals surface area contributed by atoms with Crippen LogP contribution in [-0.4, -0.2) is 17.8 Å². The SMILES string of the molecule is CNC(CCC(C)=O)c1cccnc1. The van der Waals surface area contributed by atoms with Gasteiger partial charge in [-0.05, 0) is 32.0 Å². The maximum absolute atomic E-state index is 10.9. The lowest BCUT2D eigenvalue weighted by Crippen LogP contribution is -2.17. The molecule has 1 atom stereocenters. The van der Waals surface area contributed by atoms with Gasteiger partial charge in [-0.3, -0.25) is 4.98 Å². The van der Waals surface area contributed by atoms with Crippen molar-refractivity contribution in [2.75, 3.05) is 7.05 Å². The molecule has 1 aromatic rings. The van der Waals surface area contributed by atoms with E-state index in [1.54, 1.807) is 13.1 Å². The molecule has 1 aromatic heterocycles. The highest BCUT2D eigenvalue weighted by atomic mass is 16.1. The van der Waals surface area contributed by atoms with Crippen molar-refractivity contribution >= 4 is 5.78 Å². The van der Waals surface area contributed by atoms with Gasteiger partial charge < -0.3 is 10.1 Å². The minimum absolute atomic E-state index is 0.229. The summed E-state index contributed by atoms with van der Waals surface area (Å²) in [6.07, 6.45) is 5.03. The molecule has 0 aliphatic carbocycles. The maximum atomic E-state index is 10.9. The van der Waals surface area contributed by atoms with Crippen molar-refractivity contribution in [3.05, 3.63) is 30.1 Å². The van der Waals surface area contributed by atoms with E-state index in [-0.39, 0.29) is 11.8 Å². The summed E-state index contributed by atoms with van der Waals surface area (Å²) in [6.45, 7) is 1.62. The van der Waals surface area contributed by atoms with E-state index >= 15 is 0 Å². The Morgan fingerprint density at radius 3 is 2.93 bits per heavy atom. The molecule has 1 unspecified atom stereocenters. The van der Waals surface area contributed by atoms with Crippen molar-refractivity contribution in [1.29, 1.82) is 0 Å². The van der Waals surface area contributed by atoms with Crippen LogP contribution in [0.15, 0.2) is 24.5 Å². The minimum atomic E-state index is 0.229. The number of hydrogen-bond acceptors (Lipinski definition) is 3. The third-order valence-corrected chi connectivity index (χ3v) is 2.22. The Hall–Kier alpha value is -1.22. The standard InChI is InChI=1S/C11H16N2O/c1-9(14)5-6-11(12-2)10-4-3-7-13-8-10/h3-4,7-8,11-12H,5-6H2,1-2H3. The van der Waals surface area contributed by atoms with Gasteiger partial charge in [0.15, 0.2) is 0 Å². The predicted molar refractivity (Wildman–Crippen MR) is 56.0 cm³/mol. The summed E-state index contributed by atoms with van der Waals surface area (Å²) >= 11 is 0. The second-order valence-electron chi connectivity index (χ2n) is 3.37. The van der Waals surface area contributed by atoms with E-state index in [9.17, 15) is 4.79 Å². The molecule has 0 saturated heterocycles. The summed E-state index contributed by atoms with van der Waals surface area (Å²) in [5.74, 6) is 0.231. The van der Waals surface area contributed by atoms with Crippen LogP contribution < -0.4 is 5.32 Å². The summed E-state index contributed by atoms with van der Waals surface area (Å²) in [5.41, 5.74) is 1.14. The van der Waals surface area contributed by atoms with Gasteiger partial charge >= 0.3 is 0 Å². The van der Waals surface area contributed by atoms with E-state index in [1.807, 2.05) is 25.4 Å². The van der Waals surface area contributed by atoms with Crippen LogP contribution in [0.2, 0.25) is 0 Å². The average molecular weight is 192 g/mol. The Balaban J connectivity index is 2.58. The summed E-state index contributed by atoms with van der Waals surface area (Å²) in [6, 6.07) is 4.16. The highest BCUT2D eigenvalue weighted by Crippen LogP contribution is 2.16. The van der Waals surface area contributed by atoms with Gasteiger partial charge in [0.25, 0.3) is 0 Å². The Bertz CT molecular complexity index is 285. The van der Waals surface area contributed by atoms with Gasteiger partial charge in [0.1, 0.15) is 5.78 Å². The van der Waals surface area contributed by atoms with Crippen molar-refractivity contribution in [3.8, 4) is 0 Å². The van der Waals surface area contributed by atoms with Gasteiger partial charge in [-0.25, -0.2) is 0 Å². The summed E-state index contributed by atoms with van der Waals surface area (Å²) in [4.78, 5) is 14.9. The zero-order chi connectivity index (χ0) is 10.4. The largest absolute Gasteiger partial charge is 0.313 e. The number of nitrogens with one attached hydrogen (secondary N) is 1. The molecule has 0 aliphatic rings. The number of carbonyl (C=O) groups excluding carboxylic acids is 1. The smallest absolute Gasteiger partial charge is 0.129 e. The van der Waals surface area contributed by atoms with Crippen LogP contribution in [0.4, 0.5) is 0 Å². The molecule has 0 fully saturated rings. The number of Topliss-reactive ketones (excluding diaryl/α,β-unsaturated/α-hetero) is 1. The van der Waals surface area contributed by atoms with Gasteiger partial charge in [0.05, 0.1) is 0 Å². The molecule has 0 radical (unpaired) electrons. The lowest BCUT2D eigenvalue weighted by atomic mass is 10.0. The molecule has 3 heteroatoms. The fourth-order valence-corrected chi connectivity index (χ4v) is 1.41. The molecular weight excluding hydrogens is 176 g/mol. The van der Waals surface area contributed by atoms with Crippen molar-refractivity contribution < 1.29 is 4.79 Å². The molecule has 0 bridgehead atoms. The van der Waals surface area contributed by atoms with Gasteiger partial charge in [-0.1, -0.05) is 6.07 Å². The second kappa shape index (κ2) is 5.50. The van der Waals surface area contributed by atoms with E-state index in [0.717, 1.165) is 12.0 Å². The number of nitrogens with zero attached hydrogens (tertiary/aromatic N) is 1. The third-order valence-electron chi connectivity index (χ3n) is 2.22. The van der Waals surface area contributed by atoms with Gasteiger partial charge in [-0.15, -0.1) is 0 Å². The Morgan fingerprint density at radius 1 is 1.64 bits per heavy atom. The average Bonchev–Trinajstić information content (AvgIpc) is 2.20. The Labute approximate surface area is 84.6 Å². The monoisotopic (exact) mass is 192 g/mol. The van der Waals surface area contributed by atoms with Crippen LogP contribution in [-0.2, 0) is 4.79 Å². The van der Waals surface area contributed by atoms with Gasteiger partial charge in [-0.2, -0.15) is 0 Å². The number of hydrogen-bond donors (Lipinski definition) is 1. The maximum Gasteiger partial charge on any atom is 0.129 e. The molecule has 0 aliphatic heterocycles. The number of aromatic nitrogens is 1. The van der Waals surface area contributed by atoms with E-state index in [2.05, 4.69) is 10.3 Å². The zero-order valence-corrected chi connectivity index (χ0v) is 8.66. The normalized spacial score (nSPS) is 12.4. The van der Waals surface area contributed by atoms with Crippen LogP contribution in [0.25, 0.3) is 0 Å². The van der Waals surface area contributed by atoms with E-state index in [0.29, 0.717) is 6.42 Å². The molecule has 1 rings (SSSR count). The highest BCUT2D eigenvalue weighted by Gasteiger charge is 2.09. The first-order valence-corrected chi connectivity index (χ1v) is 4.80. The molecule has 0 saturated carbocycles. The number of ketones is 1. The highest BCUT2D eigenvalue weighted by molar-refractivity contribution is 5.75. The Morgan fingerprint density at radius 2 is 2.43 bits per heavy atom. The summed E-state index contributed by atoms with van der Waals surface area (Å²) in [5, 5.41) is 3.18. The van der Waals surface area contributed by atoms with Gasteiger partial charge in [0.2, 0.25) is 0 Å². The van der Waals surface area contributed by atoms with Crippen LogP contribution >= 0.6 is 0 Å². The van der Waals surface area contributed by atoms with Crippen LogP contribution in [0.1, 0.15) is 31.4 Å². The fraction of sp³-hybridized carbons (Fsp3) is 0.455. The number of carbonyl (C=O) groups is 1. The zero-order valence-electron chi connectivity index (χ0n) is 8.66. The summed E-state index contributed by atoms with van der Waals surface area (Å²) in [7, 11) is 1.90. The Kier molecular flexibility index (Phi) is 4.26. The van der Waals surface area contributed by atoms with E-state index in [1.165, 1.54) is 0 Å². The van der Waals surface area contributed by atoms with Crippen LogP contribution in [0.3, 0.4) is 0 Å². The molecule has 76 valence electrons. The van der Waals surface area contributed by atoms with Crippen molar-refractivity contribution in [3.63, 3.8) is 0 Å². The van der Waals surface area contributed by atoms with E-state index < -0.39 is 0 Å². The van der Waals surface area contributed by atoms with Crippen molar-refractivity contribution in [2.45, 2.75) is 25.8 Å². The summed E-state index contributed by atoms with van der Waals surface area (Å²) < 4.78 is 0. The number of rotatable bonds is 5. The fourth-order valence-electron chi connectivity index (χ4n) is 1.41. The lowest BCUT2D eigenvalue weighted by molar-refractivity contribution is -0.117. The lowest BCUT2D eigenvalue weighted by Gasteiger charge is -2.14. The van der Waals surface area contributed by atoms with Crippen LogP contribution in [0, 0.1) is 0 Å². The first-order valence-electron chi connectivity index (χ1n) is 4.80. The molecule has 0 spiro atoms. The molecular formula is C11H16N2O. The molecule has 3 nitrogen and oxygen atoms in total. The first kappa shape index (κ1) is 10.9. The van der Waals surface area contributed by atoms with Gasteiger partial charge in [0, 0.05) is 24.9 Å². The van der Waals surface area contributed by atoms with E-state index in [4.69, 9.17) is 0 Å². The molecule has 1 heterocycles. The molecule has 14 heavy (non-hydrogen) atoms. The molecule has 1 N–H and O–H groups in total. The third kappa shape index (κ3) is 3.26. The number of pyridine rings is 1.